The second kappa shape index (κ2) is 9.14. The summed E-state index contributed by atoms with van der Waals surface area (Å²) in [6.45, 7) is 1.91. The zero-order valence-corrected chi connectivity index (χ0v) is 18.7. The number of hydrogen-bond donors (Lipinski definition) is 1. The van der Waals surface area contributed by atoms with E-state index < -0.39 is 11.9 Å². The summed E-state index contributed by atoms with van der Waals surface area (Å²) in [5.41, 5.74) is 7.67. The highest BCUT2D eigenvalue weighted by molar-refractivity contribution is 9.10. The standard InChI is InChI=1S/C21H20BrFN6O2/c1-12(18-6-13(22)10-26-20(18)25)31-19-7-14(23)4-5-17(19)21(30)28(2)11-15-8-16(9-24)29(3)27-15/h4-8,10,12H,11H2,1-3H3,(H2,25,26). The van der Waals surface area contributed by atoms with Gasteiger partial charge in [-0.2, -0.15) is 10.4 Å². The lowest BCUT2D eigenvalue weighted by Crippen LogP contribution is -2.27. The van der Waals surface area contributed by atoms with Gasteiger partial charge in [0.2, 0.25) is 0 Å². The van der Waals surface area contributed by atoms with E-state index in [1.54, 1.807) is 39.3 Å². The van der Waals surface area contributed by atoms with Crippen molar-refractivity contribution in [2.75, 3.05) is 12.8 Å². The number of benzene rings is 1. The van der Waals surface area contributed by atoms with Crippen molar-refractivity contribution in [2.24, 2.45) is 7.05 Å². The Morgan fingerprint density at radius 1 is 1.42 bits per heavy atom. The lowest BCUT2D eigenvalue weighted by atomic mass is 10.1. The number of nitrogen functional groups attached to an aromatic ring is 1. The van der Waals surface area contributed by atoms with Crippen LogP contribution in [0.4, 0.5) is 10.2 Å². The van der Waals surface area contributed by atoms with Crippen LogP contribution in [0.3, 0.4) is 0 Å². The molecule has 2 aromatic heterocycles. The zero-order valence-electron chi connectivity index (χ0n) is 17.1. The fourth-order valence-electron chi connectivity index (χ4n) is 3.04. The number of anilines is 1. The first-order chi connectivity index (χ1) is 14.7. The van der Waals surface area contributed by atoms with Crippen LogP contribution in [0.5, 0.6) is 5.75 Å². The molecule has 3 rings (SSSR count). The summed E-state index contributed by atoms with van der Waals surface area (Å²) in [5, 5.41) is 13.3. The number of halogens is 2. The van der Waals surface area contributed by atoms with Crippen LogP contribution in [0.1, 0.15) is 40.3 Å². The number of hydrogen-bond acceptors (Lipinski definition) is 6. The van der Waals surface area contributed by atoms with E-state index in [0.717, 1.165) is 10.5 Å². The molecule has 31 heavy (non-hydrogen) atoms. The summed E-state index contributed by atoms with van der Waals surface area (Å²) in [7, 11) is 3.25. The van der Waals surface area contributed by atoms with Crippen LogP contribution in [-0.2, 0) is 13.6 Å². The number of carbonyl (C=O) groups excluding carboxylic acids is 1. The fraction of sp³-hybridized carbons (Fsp3) is 0.238. The van der Waals surface area contributed by atoms with Crippen LogP contribution in [0.15, 0.2) is 41.0 Å². The van der Waals surface area contributed by atoms with Crippen LogP contribution >= 0.6 is 15.9 Å². The van der Waals surface area contributed by atoms with Gasteiger partial charge in [0.1, 0.15) is 35.3 Å². The molecular weight excluding hydrogens is 467 g/mol. The molecule has 1 unspecified atom stereocenters. The van der Waals surface area contributed by atoms with Gasteiger partial charge in [0, 0.05) is 36.4 Å². The molecule has 10 heteroatoms. The molecule has 3 aromatic rings. The van der Waals surface area contributed by atoms with Gasteiger partial charge in [-0.15, -0.1) is 0 Å². The van der Waals surface area contributed by atoms with E-state index in [0.29, 0.717) is 17.0 Å². The molecule has 1 amide bonds. The zero-order chi connectivity index (χ0) is 22.7. The molecular formula is C21H20BrFN6O2. The van der Waals surface area contributed by atoms with E-state index in [-0.39, 0.29) is 29.6 Å². The van der Waals surface area contributed by atoms with E-state index in [2.05, 4.69) is 26.0 Å². The first-order valence-corrected chi connectivity index (χ1v) is 10.0. The molecule has 0 aliphatic carbocycles. The highest BCUT2D eigenvalue weighted by atomic mass is 79.9. The summed E-state index contributed by atoms with van der Waals surface area (Å²) < 4.78 is 22.0. The van der Waals surface area contributed by atoms with Crippen LogP contribution in [-0.4, -0.2) is 32.6 Å². The number of nitrogens with zero attached hydrogens (tertiary/aromatic N) is 5. The van der Waals surface area contributed by atoms with Crippen molar-refractivity contribution >= 4 is 27.7 Å². The first kappa shape index (κ1) is 22.2. The number of aryl methyl sites for hydroxylation is 1. The van der Waals surface area contributed by atoms with Gasteiger partial charge in [0.05, 0.1) is 17.8 Å². The van der Waals surface area contributed by atoms with Crippen molar-refractivity contribution < 1.29 is 13.9 Å². The molecule has 8 nitrogen and oxygen atoms in total. The molecule has 2 heterocycles. The molecule has 1 aromatic carbocycles. The van der Waals surface area contributed by atoms with E-state index in [4.69, 9.17) is 15.7 Å². The van der Waals surface area contributed by atoms with Crippen molar-refractivity contribution in [3.63, 3.8) is 0 Å². The normalized spacial score (nSPS) is 11.6. The Kier molecular flexibility index (Phi) is 6.56. The van der Waals surface area contributed by atoms with Crippen LogP contribution < -0.4 is 10.5 Å². The number of nitrogens with two attached hydrogens (primary N) is 1. The number of amides is 1. The smallest absolute Gasteiger partial charge is 0.257 e. The minimum Gasteiger partial charge on any atom is -0.485 e. The highest BCUT2D eigenvalue weighted by Gasteiger charge is 2.22. The molecule has 2 N–H and O–H groups in total. The summed E-state index contributed by atoms with van der Waals surface area (Å²) in [6, 6.07) is 9.12. The minimum absolute atomic E-state index is 0.0856. The van der Waals surface area contributed by atoms with Crippen LogP contribution in [0, 0.1) is 17.1 Å². The number of ether oxygens (including phenoxy) is 1. The van der Waals surface area contributed by atoms with Gasteiger partial charge in [-0.3, -0.25) is 9.48 Å². The average Bonchev–Trinajstić information content (AvgIpc) is 3.08. The van der Waals surface area contributed by atoms with Gasteiger partial charge < -0.3 is 15.4 Å². The molecule has 0 aliphatic heterocycles. The summed E-state index contributed by atoms with van der Waals surface area (Å²) in [6.07, 6.45) is 0.977. The number of rotatable bonds is 6. The molecule has 0 aliphatic rings. The van der Waals surface area contributed by atoms with Crippen molar-refractivity contribution in [1.29, 1.82) is 5.26 Å². The Balaban J connectivity index is 1.85. The highest BCUT2D eigenvalue weighted by Crippen LogP contribution is 2.30. The predicted molar refractivity (Wildman–Crippen MR) is 116 cm³/mol. The summed E-state index contributed by atoms with van der Waals surface area (Å²) >= 11 is 3.34. The van der Waals surface area contributed by atoms with Gasteiger partial charge in [-0.05, 0) is 47.1 Å². The van der Waals surface area contributed by atoms with E-state index in [1.807, 2.05) is 6.07 Å². The summed E-state index contributed by atoms with van der Waals surface area (Å²) in [4.78, 5) is 18.6. The maximum absolute atomic E-state index is 13.9. The quantitative estimate of drug-likeness (QED) is 0.569. The lowest BCUT2D eigenvalue weighted by Gasteiger charge is -2.21. The molecule has 1 atom stereocenters. The topological polar surface area (TPSA) is 110 Å². The van der Waals surface area contributed by atoms with Gasteiger partial charge in [-0.25, -0.2) is 9.37 Å². The Labute approximate surface area is 187 Å². The lowest BCUT2D eigenvalue weighted by molar-refractivity contribution is 0.0776. The monoisotopic (exact) mass is 486 g/mol. The SMILES string of the molecule is CC(Oc1cc(F)ccc1C(=O)N(C)Cc1cc(C#N)n(C)n1)c1cc(Br)cnc1N. The number of carbonyl (C=O) groups is 1. The molecule has 0 fully saturated rings. The maximum Gasteiger partial charge on any atom is 0.257 e. The van der Waals surface area contributed by atoms with Gasteiger partial charge in [0.15, 0.2) is 0 Å². The van der Waals surface area contributed by atoms with Crippen LogP contribution in [0.25, 0.3) is 0 Å². The summed E-state index contributed by atoms with van der Waals surface area (Å²) in [5.74, 6) is -0.556. The fourth-order valence-corrected chi connectivity index (χ4v) is 3.39. The Morgan fingerprint density at radius 3 is 2.84 bits per heavy atom. The maximum atomic E-state index is 13.9. The largest absolute Gasteiger partial charge is 0.485 e. The molecule has 160 valence electrons. The molecule has 0 radical (unpaired) electrons. The van der Waals surface area contributed by atoms with Crippen molar-refractivity contribution in [3.05, 3.63) is 69.3 Å². The molecule has 0 spiro atoms. The minimum atomic E-state index is -0.586. The first-order valence-electron chi connectivity index (χ1n) is 9.25. The van der Waals surface area contributed by atoms with Gasteiger partial charge >= 0.3 is 0 Å². The molecule has 0 bridgehead atoms. The van der Waals surface area contributed by atoms with E-state index >= 15 is 0 Å². The van der Waals surface area contributed by atoms with Crippen LogP contribution in [0.2, 0.25) is 0 Å². The third-order valence-corrected chi connectivity index (χ3v) is 5.06. The van der Waals surface area contributed by atoms with E-state index in [1.165, 1.54) is 21.7 Å². The van der Waals surface area contributed by atoms with Crippen molar-refractivity contribution in [1.82, 2.24) is 19.7 Å². The Morgan fingerprint density at radius 2 is 2.16 bits per heavy atom. The van der Waals surface area contributed by atoms with Gasteiger partial charge in [-0.1, -0.05) is 0 Å². The van der Waals surface area contributed by atoms with Crippen molar-refractivity contribution in [3.8, 4) is 11.8 Å². The third kappa shape index (κ3) is 5.00. The number of aromatic nitrogens is 3. The Bertz CT molecular complexity index is 1170. The molecule has 0 saturated heterocycles. The number of nitriles is 1. The Hall–Kier alpha value is -3.45. The second-order valence-electron chi connectivity index (χ2n) is 6.95. The number of pyridine rings is 1. The van der Waals surface area contributed by atoms with Gasteiger partial charge in [0.25, 0.3) is 5.91 Å². The second-order valence-corrected chi connectivity index (χ2v) is 7.86. The van der Waals surface area contributed by atoms with E-state index in [9.17, 15) is 9.18 Å². The average molecular weight is 487 g/mol. The third-order valence-electron chi connectivity index (χ3n) is 4.62. The molecule has 0 saturated carbocycles. The predicted octanol–water partition coefficient (Wildman–Crippen LogP) is 3.58. The van der Waals surface area contributed by atoms with Crippen molar-refractivity contribution in [2.45, 2.75) is 19.6 Å².